The third-order valence-corrected chi connectivity index (χ3v) is 27.2. The van der Waals surface area contributed by atoms with Crippen molar-refractivity contribution >= 4 is 129 Å². The van der Waals surface area contributed by atoms with Crippen molar-refractivity contribution in [3.05, 3.63) is 688 Å². The second kappa shape index (κ2) is 46.6. The summed E-state index contributed by atoms with van der Waals surface area (Å²) in [5, 5.41) is 3.45. The van der Waals surface area contributed by atoms with Gasteiger partial charge in [-0.15, -0.1) is 0 Å². The number of para-hydroxylation sites is 7. The lowest BCUT2D eigenvalue weighted by Crippen LogP contribution is -2.13. The average molecular weight is 1980 g/mol. The molecule has 694 valence electrons. The fourth-order valence-corrected chi connectivity index (χ4v) is 19.9. The molecule has 0 aliphatic rings. The molecule has 144 heavy (non-hydrogen) atoms. The summed E-state index contributed by atoms with van der Waals surface area (Å²) in [5.74, 6) is 0.541. The molecule has 1 N–H and O–H groups in total. The van der Waals surface area contributed by atoms with Gasteiger partial charge in [-0.3, -0.25) is 0 Å². The number of rotatable bonds is 29. The van der Waals surface area contributed by atoms with Gasteiger partial charge in [-0.2, -0.15) is 0 Å². The van der Waals surface area contributed by atoms with E-state index in [0.717, 1.165) is 106 Å². The molecule has 0 bridgehead atoms. The third-order valence-electron chi connectivity index (χ3n) is 26.1. The monoisotopic (exact) mass is 1980 g/mol. The Kier molecular flexibility index (Phi) is 30.5. The zero-order chi connectivity index (χ0) is 97.2. The van der Waals surface area contributed by atoms with E-state index in [4.69, 9.17) is 0 Å². The molecule has 22 aromatic carbocycles. The number of halogens is 2. The number of hydrogen-bond acceptors (Lipinski definition) is 6. The van der Waals surface area contributed by atoms with Gasteiger partial charge in [0, 0.05) is 129 Å². The van der Waals surface area contributed by atoms with Crippen LogP contribution in [0.3, 0.4) is 0 Å². The van der Waals surface area contributed by atoms with Crippen molar-refractivity contribution in [2.45, 2.75) is 23.7 Å². The summed E-state index contributed by atoms with van der Waals surface area (Å²) in [6.07, 6.45) is 0. The molecule has 0 spiro atoms. The molecule has 2 unspecified atom stereocenters. The van der Waals surface area contributed by atoms with Crippen molar-refractivity contribution in [3.8, 4) is 0 Å². The van der Waals surface area contributed by atoms with E-state index in [-0.39, 0.29) is 23.7 Å². The van der Waals surface area contributed by atoms with Crippen LogP contribution in [0, 0.1) is 0 Å². The highest BCUT2D eigenvalue weighted by molar-refractivity contribution is 9.10. The second-order valence-electron chi connectivity index (χ2n) is 35.4. The summed E-state index contributed by atoms with van der Waals surface area (Å²) >= 11 is 7.13. The van der Waals surface area contributed by atoms with Crippen molar-refractivity contribution < 1.29 is 0 Å². The van der Waals surface area contributed by atoms with Gasteiger partial charge in [-0.05, 0) is 297 Å². The first-order valence-corrected chi connectivity index (χ1v) is 50.5. The fourth-order valence-electron chi connectivity index (χ4n) is 19.3. The summed E-state index contributed by atoms with van der Waals surface area (Å²) in [7, 11) is 0. The Balaban J connectivity index is 0.000000170. The van der Waals surface area contributed by atoms with Crippen molar-refractivity contribution in [1.82, 2.24) is 0 Å². The molecule has 0 amide bonds. The van der Waals surface area contributed by atoms with Crippen molar-refractivity contribution in [2.75, 3.05) is 29.8 Å². The van der Waals surface area contributed by atoms with Crippen LogP contribution in [0.5, 0.6) is 0 Å². The molecule has 8 heteroatoms. The molecule has 22 rings (SSSR count). The number of benzene rings is 22. The molecular formula is C136H106Br2N6. The minimum Gasteiger partial charge on any atom is -0.356 e. The second-order valence-corrected chi connectivity index (χ2v) is 37.3. The molecule has 6 nitrogen and oxygen atoms in total. The van der Waals surface area contributed by atoms with Crippen LogP contribution in [0.4, 0.5) is 96.7 Å². The SMILES string of the molecule is Brc1ccc(C(c2ccccc2)c2ccc(N(c3ccccc3)c3ccc(Br)cc3)cc2)cc1.c1ccc(C(c2ccccc2)c2ccc(N(c3ccccc3)c3ccc(N(c4ccccc4)c4ccc(N(c5ccccc5)c5ccc(C(c6ccccc6)c6ccc(N(c7ccccc7)c7ccccc7)cc6)cc5)cc4)cc3)cc2)cc1.c1ccc(Nc2ccc(C(c3ccccc3)c3ccccc3)cc2)cc1. The van der Waals surface area contributed by atoms with Gasteiger partial charge in [0.15, 0.2) is 0 Å². The Bertz CT molecular complexity index is 7170. The topological polar surface area (TPSA) is 28.2 Å². The zero-order valence-electron chi connectivity index (χ0n) is 79.6. The molecular weight excluding hydrogens is 1880 g/mol. The number of nitrogens with one attached hydrogen (secondary N) is 1. The van der Waals surface area contributed by atoms with E-state index in [9.17, 15) is 0 Å². The van der Waals surface area contributed by atoms with E-state index in [1.165, 1.54) is 66.8 Å². The van der Waals surface area contributed by atoms with Gasteiger partial charge in [-0.25, -0.2) is 0 Å². The predicted octanol–water partition coefficient (Wildman–Crippen LogP) is 38.4. The Labute approximate surface area is 863 Å². The molecule has 0 aliphatic heterocycles. The first-order chi connectivity index (χ1) is 71.3. The standard InChI is InChI=1S/C80H62N4.C31H23Br2N.C25H21N/c1-9-25-61(26-10-1)79(62-27-11-2-12-28-62)64-41-49-73(50-42-64)82(69-35-19-6-20-36-69)75-53-57-77(58-54-75)84(71-39-23-8-24-40-71)78-59-55-76(56-60-78)83(70-37-21-7-22-38-70)74-51-45-66(46-52-74)80(63-29-13-3-14-30-63)65-43-47-72(48-44-65)81(67-31-15-4-16-32-67)68-33-17-5-18-34-68;32-26-15-11-24(12-16-26)31(23-7-3-1-4-8-23)25-13-19-29(20-14-25)34(28-9-5-2-6-10-28)30-21-17-27(33)18-22-30;1-4-10-20(11-5-1)25(21-12-6-2-7-13-21)22-16-18-24(19-17-22)26-23-14-8-3-9-15-23/h1-60,79-80H;1-22,31H;1-19,25-26H. The summed E-state index contributed by atoms with van der Waals surface area (Å²) in [6.45, 7) is 0. The minimum absolute atomic E-state index is 0.0186. The largest absolute Gasteiger partial charge is 0.356 e. The Hall–Kier alpha value is -17.4. The molecule has 0 saturated heterocycles. The summed E-state index contributed by atoms with van der Waals surface area (Å²) in [5.41, 5.74) is 33.7. The highest BCUT2D eigenvalue weighted by atomic mass is 79.9. The molecule has 2 atom stereocenters. The molecule has 22 aromatic rings. The maximum absolute atomic E-state index is 3.57. The van der Waals surface area contributed by atoms with Gasteiger partial charge in [0.1, 0.15) is 0 Å². The predicted molar refractivity (Wildman–Crippen MR) is 613 cm³/mol. The van der Waals surface area contributed by atoms with Crippen molar-refractivity contribution in [3.63, 3.8) is 0 Å². The Morgan fingerprint density at radius 3 is 0.403 bits per heavy atom. The lowest BCUT2D eigenvalue weighted by atomic mass is 9.85. The van der Waals surface area contributed by atoms with E-state index in [2.05, 4.69) is 656 Å². The van der Waals surface area contributed by atoms with E-state index in [0.29, 0.717) is 0 Å². The quantitative estimate of drug-likeness (QED) is 0.0470. The van der Waals surface area contributed by atoms with E-state index >= 15 is 0 Å². The van der Waals surface area contributed by atoms with Crippen LogP contribution in [-0.2, 0) is 0 Å². The van der Waals surface area contributed by atoms with Crippen molar-refractivity contribution in [1.29, 1.82) is 0 Å². The Morgan fingerprint density at radius 1 is 0.111 bits per heavy atom. The van der Waals surface area contributed by atoms with Crippen LogP contribution < -0.4 is 29.8 Å². The van der Waals surface area contributed by atoms with E-state index in [1.54, 1.807) is 0 Å². The molecule has 0 radical (unpaired) electrons. The van der Waals surface area contributed by atoms with Gasteiger partial charge >= 0.3 is 0 Å². The molecule has 0 saturated carbocycles. The van der Waals surface area contributed by atoms with Gasteiger partial charge < -0.3 is 29.8 Å². The van der Waals surface area contributed by atoms with Crippen LogP contribution in [0.15, 0.2) is 622 Å². The van der Waals surface area contributed by atoms with Gasteiger partial charge in [0.05, 0.1) is 0 Å². The highest BCUT2D eigenvalue weighted by Gasteiger charge is 2.26. The fraction of sp³-hybridized carbons (Fsp3) is 0.0294. The number of hydrogen-bond donors (Lipinski definition) is 1. The minimum atomic E-state index is 0.0186. The normalized spacial score (nSPS) is 11.3. The van der Waals surface area contributed by atoms with Crippen LogP contribution >= 0.6 is 31.9 Å². The lowest BCUT2D eigenvalue weighted by molar-refractivity contribution is 0.976. The van der Waals surface area contributed by atoms with Crippen molar-refractivity contribution in [2.24, 2.45) is 0 Å². The van der Waals surface area contributed by atoms with Crippen LogP contribution in [0.25, 0.3) is 0 Å². The smallest absolute Gasteiger partial charge is 0.0463 e. The van der Waals surface area contributed by atoms with E-state index in [1.807, 2.05) is 18.2 Å². The first-order valence-electron chi connectivity index (χ1n) is 48.9. The first kappa shape index (κ1) is 94.2. The summed E-state index contributed by atoms with van der Waals surface area (Å²) in [6, 6.07) is 218. The van der Waals surface area contributed by atoms with Gasteiger partial charge in [0.25, 0.3) is 0 Å². The summed E-state index contributed by atoms with van der Waals surface area (Å²) < 4.78 is 2.16. The lowest BCUT2D eigenvalue weighted by Gasteiger charge is -2.30. The highest BCUT2D eigenvalue weighted by Crippen LogP contribution is 2.47. The van der Waals surface area contributed by atoms with Gasteiger partial charge in [-0.1, -0.05) is 414 Å². The summed E-state index contributed by atoms with van der Waals surface area (Å²) in [4.78, 5) is 11.6. The zero-order valence-corrected chi connectivity index (χ0v) is 82.8. The number of nitrogens with zero attached hydrogens (tertiary/aromatic N) is 5. The molecule has 0 aromatic heterocycles. The molecule has 0 aliphatic carbocycles. The average Bonchev–Trinajstić information content (AvgIpc) is 0.785. The maximum Gasteiger partial charge on any atom is 0.0463 e. The molecule has 0 fully saturated rings. The Morgan fingerprint density at radius 2 is 0.222 bits per heavy atom. The van der Waals surface area contributed by atoms with Crippen LogP contribution in [0.2, 0.25) is 0 Å². The maximum atomic E-state index is 3.57. The van der Waals surface area contributed by atoms with Gasteiger partial charge in [0.2, 0.25) is 0 Å². The van der Waals surface area contributed by atoms with E-state index < -0.39 is 0 Å². The third kappa shape index (κ3) is 22.9. The number of anilines is 17. The van der Waals surface area contributed by atoms with Crippen LogP contribution in [0.1, 0.15) is 90.4 Å². The molecule has 0 heterocycles. The van der Waals surface area contributed by atoms with Crippen LogP contribution in [-0.4, -0.2) is 0 Å².